The molecule has 0 bridgehead atoms. The van der Waals surface area contributed by atoms with Crippen LogP contribution in [0.25, 0.3) is 11.4 Å². The minimum atomic E-state index is -0.290. The van der Waals surface area contributed by atoms with Crippen molar-refractivity contribution in [1.82, 2.24) is 26.1 Å². The molecule has 212 valence electrons. The number of pyridine rings is 1. The Hall–Kier alpha value is -4.05. The van der Waals surface area contributed by atoms with E-state index in [1.54, 1.807) is 30.4 Å². The van der Waals surface area contributed by atoms with Crippen LogP contribution in [0.2, 0.25) is 0 Å². The number of aryl methyl sites for hydroxylation is 2. The molecule has 0 unspecified atom stereocenters. The summed E-state index contributed by atoms with van der Waals surface area (Å²) in [6, 6.07) is 7.42. The summed E-state index contributed by atoms with van der Waals surface area (Å²) in [5.41, 5.74) is 10.5. The van der Waals surface area contributed by atoms with E-state index in [0.29, 0.717) is 46.3 Å². The van der Waals surface area contributed by atoms with Crippen LogP contribution in [0.4, 0.5) is 11.4 Å². The molecule has 4 rings (SSSR count). The van der Waals surface area contributed by atoms with Crippen molar-refractivity contribution >= 4 is 23.1 Å². The molecule has 0 saturated carbocycles. The summed E-state index contributed by atoms with van der Waals surface area (Å²) < 4.78 is 5.16. The highest BCUT2D eigenvalue weighted by molar-refractivity contribution is 6.05. The lowest BCUT2D eigenvalue weighted by Gasteiger charge is -2.21. The van der Waals surface area contributed by atoms with Gasteiger partial charge in [-0.2, -0.15) is 4.98 Å². The molecule has 1 aromatic carbocycles. The predicted octanol–water partition coefficient (Wildman–Crippen LogP) is 5.75. The molecule has 0 radical (unpaired) electrons. The van der Waals surface area contributed by atoms with Crippen LogP contribution in [-0.4, -0.2) is 26.8 Å². The number of hydrogen-bond acceptors (Lipinski definition) is 9. The molecule has 1 aliphatic heterocycles. The Labute approximate surface area is 235 Å². The van der Waals surface area contributed by atoms with E-state index in [4.69, 9.17) is 4.52 Å². The Kier molecular flexibility index (Phi) is 8.11. The lowest BCUT2D eigenvalue weighted by Crippen LogP contribution is -2.37. The first-order valence-corrected chi connectivity index (χ1v) is 13.5. The van der Waals surface area contributed by atoms with Gasteiger partial charge in [0, 0.05) is 24.5 Å². The summed E-state index contributed by atoms with van der Waals surface area (Å²) in [6.07, 6.45) is 5.61. The molecule has 0 saturated heterocycles. The van der Waals surface area contributed by atoms with Crippen molar-refractivity contribution in [3.05, 3.63) is 65.1 Å². The number of nitrogens with zero attached hydrogens (tertiary/aromatic N) is 4. The summed E-state index contributed by atoms with van der Waals surface area (Å²) in [7, 11) is 0. The van der Waals surface area contributed by atoms with E-state index in [9.17, 15) is 9.59 Å². The number of anilines is 2. The largest absolute Gasteiger partial charge is 0.339 e. The van der Waals surface area contributed by atoms with Crippen LogP contribution in [-0.2, 0) is 10.2 Å². The molecule has 3 aromatic rings. The first kappa shape index (κ1) is 28.9. The molecule has 0 aliphatic carbocycles. The second-order valence-corrected chi connectivity index (χ2v) is 12.5. The van der Waals surface area contributed by atoms with Crippen molar-refractivity contribution in [2.24, 2.45) is 5.41 Å². The highest BCUT2D eigenvalue weighted by Gasteiger charge is 2.23. The number of Topliss-reactive ketones (excluding diaryl/α,β-unsaturated/α-hetero) is 1. The highest BCUT2D eigenvalue weighted by atomic mass is 16.5. The Morgan fingerprint density at radius 2 is 1.80 bits per heavy atom. The molecule has 10 heteroatoms. The minimum absolute atomic E-state index is 0.0423. The fourth-order valence-electron chi connectivity index (χ4n) is 4.27. The third-order valence-corrected chi connectivity index (χ3v) is 6.62. The van der Waals surface area contributed by atoms with Crippen LogP contribution in [0, 0.1) is 19.3 Å². The minimum Gasteiger partial charge on any atom is -0.339 e. The zero-order chi connectivity index (χ0) is 29.2. The topological polar surface area (TPSA) is 125 Å². The standard InChI is InChI=1S/C30H39N7O3/c1-18-25(37-17-24(34-36-37)26(38)10-9-11-29(3,4)5)15-23(16-31-18)33-28(39)21-12-20(27-32-19(2)40-35-27)13-22(14-21)30(6,7)8/h12-17,34,36H,9-11H2,1-8H3,(H,33,39). The molecule has 3 N–H and O–H groups in total. The van der Waals surface area contributed by atoms with Gasteiger partial charge < -0.3 is 9.84 Å². The fourth-order valence-corrected chi connectivity index (χ4v) is 4.27. The van der Waals surface area contributed by atoms with Gasteiger partial charge in [0.1, 0.15) is 5.70 Å². The van der Waals surface area contributed by atoms with Gasteiger partial charge in [-0.05, 0) is 60.4 Å². The Morgan fingerprint density at radius 1 is 1.05 bits per heavy atom. The zero-order valence-electron chi connectivity index (χ0n) is 24.6. The molecule has 2 aromatic heterocycles. The quantitative estimate of drug-likeness (QED) is 0.324. The number of nitrogens with one attached hydrogen (secondary N) is 3. The van der Waals surface area contributed by atoms with Crippen molar-refractivity contribution in [3.8, 4) is 11.4 Å². The molecule has 3 heterocycles. The van der Waals surface area contributed by atoms with Crippen molar-refractivity contribution in [2.45, 2.75) is 80.1 Å². The van der Waals surface area contributed by atoms with Crippen LogP contribution in [0.5, 0.6) is 0 Å². The smallest absolute Gasteiger partial charge is 0.255 e. The number of allylic oxidation sites excluding steroid dienone is 1. The lowest BCUT2D eigenvalue weighted by atomic mass is 9.85. The molecule has 40 heavy (non-hydrogen) atoms. The first-order valence-electron chi connectivity index (χ1n) is 13.5. The van der Waals surface area contributed by atoms with Crippen LogP contribution in [0.3, 0.4) is 0 Å². The van der Waals surface area contributed by atoms with E-state index in [1.807, 2.05) is 25.1 Å². The highest BCUT2D eigenvalue weighted by Crippen LogP contribution is 2.30. The Balaban J connectivity index is 1.53. The second kappa shape index (κ2) is 11.2. The summed E-state index contributed by atoms with van der Waals surface area (Å²) in [5, 5.41) is 8.69. The monoisotopic (exact) mass is 545 g/mol. The summed E-state index contributed by atoms with van der Waals surface area (Å²) in [4.78, 5) is 34.9. The van der Waals surface area contributed by atoms with Gasteiger partial charge in [0.15, 0.2) is 5.78 Å². The Morgan fingerprint density at radius 3 is 2.45 bits per heavy atom. The third kappa shape index (κ3) is 7.12. The van der Waals surface area contributed by atoms with E-state index in [0.717, 1.165) is 24.1 Å². The molecule has 1 aliphatic rings. The molecular weight excluding hydrogens is 506 g/mol. The Bertz CT molecular complexity index is 1440. The number of amides is 1. The number of hydrogen-bond donors (Lipinski definition) is 3. The normalized spacial score (nSPS) is 13.7. The van der Waals surface area contributed by atoms with Crippen LogP contribution < -0.4 is 21.3 Å². The maximum absolute atomic E-state index is 13.4. The van der Waals surface area contributed by atoms with Gasteiger partial charge in [0.25, 0.3) is 5.91 Å². The van der Waals surface area contributed by atoms with Gasteiger partial charge >= 0.3 is 0 Å². The molecule has 0 fully saturated rings. The maximum atomic E-state index is 13.4. The van der Waals surface area contributed by atoms with Crippen LogP contribution >= 0.6 is 0 Å². The molecule has 0 atom stereocenters. The summed E-state index contributed by atoms with van der Waals surface area (Å²) in [6.45, 7) is 16.4. The zero-order valence-corrected chi connectivity index (χ0v) is 24.6. The lowest BCUT2D eigenvalue weighted by molar-refractivity contribution is -0.116. The molecular formula is C30H39N7O3. The second-order valence-electron chi connectivity index (χ2n) is 12.5. The van der Waals surface area contributed by atoms with Gasteiger partial charge in [-0.25, -0.2) is 0 Å². The molecule has 0 spiro atoms. The third-order valence-electron chi connectivity index (χ3n) is 6.62. The van der Waals surface area contributed by atoms with Crippen molar-refractivity contribution in [1.29, 1.82) is 0 Å². The van der Waals surface area contributed by atoms with Crippen molar-refractivity contribution in [2.75, 3.05) is 10.3 Å². The van der Waals surface area contributed by atoms with Crippen molar-refractivity contribution < 1.29 is 14.1 Å². The van der Waals surface area contributed by atoms with Gasteiger partial charge in [0.05, 0.1) is 29.5 Å². The summed E-state index contributed by atoms with van der Waals surface area (Å²) in [5.74, 6) is 0.636. The number of carbonyl (C=O) groups is 2. The van der Waals surface area contributed by atoms with Gasteiger partial charge in [-0.3, -0.25) is 25.0 Å². The number of hydrazine groups is 2. The molecule has 1 amide bonds. The van der Waals surface area contributed by atoms with E-state index >= 15 is 0 Å². The number of aromatic nitrogens is 3. The predicted molar refractivity (Wildman–Crippen MR) is 155 cm³/mol. The van der Waals surface area contributed by atoms with E-state index in [1.165, 1.54) is 0 Å². The van der Waals surface area contributed by atoms with Crippen molar-refractivity contribution in [3.63, 3.8) is 0 Å². The number of carbonyl (C=O) groups excluding carboxylic acids is 2. The first-order chi connectivity index (χ1) is 18.7. The average molecular weight is 546 g/mol. The van der Waals surface area contributed by atoms with Gasteiger partial charge in [0.2, 0.25) is 11.7 Å². The fraction of sp³-hybridized carbons (Fsp3) is 0.433. The SMILES string of the molecule is Cc1nc(-c2cc(C(=O)Nc3cnc(C)c(N4C=C(C(=O)CCCC(C)(C)C)NN4)c3)cc(C(C)(C)C)c2)no1. The molecule has 10 nitrogen and oxygen atoms in total. The summed E-state index contributed by atoms with van der Waals surface area (Å²) >= 11 is 0. The number of ketones is 1. The van der Waals surface area contributed by atoms with E-state index in [-0.39, 0.29) is 22.5 Å². The number of benzene rings is 1. The maximum Gasteiger partial charge on any atom is 0.255 e. The average Bonchev–Trinajstić information content (AvgIpc) is 3.53. The van der Waals surface area contributed by atoms with Gasteiger partial charge in [-0.15, -0.1) is 5.53 Å². The van der Waals surface area contributed by atoms with Crippen LogP contribution in [0.15, 0.2) is 46.9 Å². The number of rotatable bonds is 8. The van der Waals surface area contributed by atoms with Crippen LogP contribution in [0.1, 0.15) is 88.3 Å². The van der Waals surface area contributed by atoms with E-state index in [2.05, 4.69) is 72.9 Å². The van der Waals surface area contributed by atoms with E-state index < -0.39 is 0 Å². The van der Waals surface area contributed by atoms with Gasteiger partial charge in [-0.1, -0.05) is 46.7 Å².